The molecule has 2 aromatic rings. The Hall–Kier alpha value is -1.81. The summed E-state index contributed by atoms with van der Waals surface area (Å²) in [6, 6.07) is 11.8. The van der Waals surface area contributed by atoms with Crippen LogP contribution in [0, 0.1) is 0 Å². The van der Waals surface area contributed by atoms with E-state index in [-0.39, 0.29) is 5.91 Å². The first kappa shape index (κ1) is 14.6. The van der Waals surface area contributed by atoms with Gasteiger partial charge in [-0.2, -0.15) is 0 Å². The average Bonchev–Trinajstić information content (AvgIpc) is 2.98. The molecule has 2 rings (SSSR count). The van der Waals surface area contributed by atoms with E-state index in [0.717, 1.165) is 22.7 Å². The third-order valence-electron chi connectivity index (χ3n) is 3.17. The molecule has 1 heterocycles. The zero-order chi connectivity index (χ0) is 14.4. The van der Waals surface area contributed by atoms with Crippen LogP contribution in [0.25, 0.3) is 0 Å². The number of nitrogens with zero attached hydrogens (tertiary/aromatic N) is 1. The van der Waals surface area contributed by atoms with E-state index < -0.39 is 0 Å². The van der Waals surface area contributed by atoms with E-state index in [9.17, 15) is 4.79 Å². The molecule has 0 atom stereocenters. The zero-order valence-electron chi connectivity index (χ0n) is 11.8. The van der Waals surface area contributed by atoms with Crippen molar-refractivity contribution < 1.29 is 9.53 Å². The van der Waals surface area contributed by atoms with Crippen molar-refractivity contribution >= 4 is 17.2 Å². The molecule has 0 N–H and O–H groups in total. The van der Waals surface area contributed by atoms with Gasteiger partial charge in [-0.15, -0.1) is 11.3 Å². The highest BCUT2D eigenvalue weighted by Gasteiger charge is 2.13. The molecule has 0 saturated carbocycles. The molecule has 1 aromatic heterocycles. The molecule has 0 radical (unpaired) electrons. The van der Waals surface area contributed by atoms with Gasteiger partial charge in [-0.3, -0.25) is 4.79 Å². The summed E-state index contributed by atoms with van der Waals surface area (Å²) in [5.74, 6) is 1.01. The van der Waals surface area contributed by atoms with E-state index in [4.69, 9.17) is 4.74 Å². The van der Waals surface area contributed by atoms with Gasteiger partial charge in [-0.25, -0.2) is 0 Å². The maximum absolute atomic E-state index is 12.3. The number of hydrogen-bond donors (Lipinski definition) is 0. The lowest BCUT2D eigenvalue weighted by atomic mass is 10.2. The lowest BCUT2D eigenvalue weighted by Crippen LogP contribution is -2.31. The predicted octanol–water partition coefficient (Wildman–Crippen LogP) is 3.35. The summed E-state index contributed by atoms with van der Waals surface area (Å²) >= 11 is 1.63. The summed E-state index contributed by atoms with van der Waals surface area (Å²) in [6.07, 6.45) is 0.488. The third-order valence-corrected chi connectivity index (χ3v) is 4.05. The van der Waals surface area contributed by atoms with Crippen molar-refractivity contribution in [1.82, 2.24) is 4.90 Å². The van der Waals surface area contributed by atoms with Crippen LogP contribution in [0.5, 0.6) is 5.75 Å². The minimum absolute atomic E-state index is 0.172. The number of rotatable bonds is 6. The maximum Gasteiger partial charge on any atom is 0.228 e. The molecular formula is C16H19NO2S. The molecule has 1 amide bonds. The fraction of sp³-hybridized carbons (Fsp3) is 0.312. The number of benzene rings is 1. The summed E-state index contributed by atoms with van der Waals surface area (Å²) in [7, 11) is 1.65. The van der Waals surface area contributed by atoms with E-state index in [1.54, 1.807) is 18.4 Å². The number of carbonyl (C=O) groups excluding carboxylic acids is 1. The standard InChI is InChI=1S/C16H19NO2S/c1-3-17(16(18)11-15-5-4-10-20-15)12-13-6-8-14(19-2)9-7-13/h4-10H,3,11-12H2,1-2H3. The molecule has 0 bridgehead atoms. The van der Waals surface area contributed by atoms with Crippen molar-refractivity contribution in [2.24, 2.45) is 0 Å². The maximum atomic E-state index is 12.3. The number of thiophene rings is 1. The quantitative estimate of drug-likeness (QED) is 0.816. The Morgan fingerprint density at radius 3 is 2.55 bits per heavy atom. The largest absolute Gasteiger partial charge is 0.497 e. The van der Waals surface area contributed by atoms with Gasteiger partial charge in [-0.1, -0.05) is 18.2 Å². The lowest BCUT2D eigenvalue weighted by Gasteiger charge is -2.21. The highest BCUT2D eigenvalue weighted by atomic mass is 32.1. The van der Waals surface area contributed by atoms with Crippen LogP contribution in [0.15, 0.2) is 41.8 Å². The molecule has 3 nitrogen and oxygen atoms in total. The third kappa shape index (κ3) is 3.84. The molecule has 20 heavy (non-hydrogen) atoms. The molecule has 106 valence electrons. The molecule has 0 aliphatic carbocycles. The van der Waals surface area contributed by atoms with Gasteiger partial charge >= 0.3 is 0 Å². The summed E-state index contributed by atoms with van der Waals surface area (Å²) in [4.78, 5) is 15.3. The van der Waals surface area contributed by atoms with Crippen molar-refractivity contribution in [2.45, 2.75) is 19.9 Å². The minimum atomic E-state index is 0.172. The molecule has 0 unspecified atom stereocenters. The van der Waals surface area contributed by atoms with Gasteiger partial charge in [0.2, 0.25) is 5.91 Å². The highest BCUT2D eigenvalue weighted by Crippen LogP contribution is 2.15. The second kappa shape index (κ2) is 7.10. The molecule has 0 aliphatic heterocycles. The highest BCUT2D eigenvalue weighted by molar-refractivity contribution is 7.10. The second-order valence-electron chi connectivity index (χ2n) is 4.51. The fourth-order valence-corrected chi connectivity index (χ4v) is 2.70. The molecule has 4 heteroatoms. The van der Waals surface area contributed by atoms with Crippen molar-refractivity contribution in [2.75, 3.05) is 13.7 Å². The summed E-state index contributed by atoms with van der Waals surface area (Å²) < 4.78 is 5.14. The van der Waals surface area contributed by atoms with Gasteiger partial charge in [0.25, 0.3) is 0 Å². The predicted molar refractivity (Wildman–Crippen MR) is 82.1 cm³/mol. The second-order valence-corrected chi connectivity index (χ2v) is 5.54. The van der Waals surface area contributed by atoms with Crippen molar-refractivity contribution in [1.29, 1.82) is 0 Å². The summed E-state index contributed by atoms with van der Waals surface area (Å²) in [6.45, 7) is 3.37. The van der Waals surface area contributed by atoms with Crippen LogP contribution in [0.1, 0.15) is 17.4 Å². The van der Waals surface area contributed by atoms with E-state index in [1.165, 1.54) is 0 Å². The Morgan fingerprint density at radius 1 is 1.25 bits per heavy atom. The van der Waals surface area contributed by atoms with Gasteiger partial charge in [-0.05, 0) is 36.1 Å². The fourth-order valence-electron chi connectivity index (χ4n) is 2.00. The van der Waals surface area contributed by atoms with Crippen LogP contribution < -0.4 is 4.74 Å². The lowest BCUT2D eigenvalue weighted by molar-refractivity contribution is -0.130. The van der Waals surface area contributed by atoms with Crippen molar-refractivity contribution in [3.8, 4) is 5.75 Å². The normalized spacial score (nSPS) is 10.3. The van der Waals surface area contributed by atoms with Crippen LogP contribution >= 0.6 is 11.3 Å². The van der Waals surface area contributed by atoms with Crippen molar-refractivity contribution in [3.63, 3.8) is 0 Å². The van der Waals surface area contributed by atoms with Crippen LogP contribution in [-0.2, 0) is 17.8 Å². The van der Waals surface area contributed by atoms with Gasteiger partial charge in [0.1, 0.15) is 5.75 Å². The Morgan fingerprint density at radius 2 is 2.00 bits per heavy atom. The number of ether oxygens (including phenoxy) is 1. The number of carbonyl (C=O) groups is 1. The first-order chi connectivity index (χ1) is 9.72. The van der Waals surface area contributed by atoms with Crippen molar-refractivity contribution in [3.05, 3.63) is 52.2 Å². The monoisotopic (exact) mass is 289 g/mol. The SMILES string of the molecule is CCN(Cc1ccc(OC)cc1)C(=O)Cc1cccs1. The summed E-state index contributed by atoms with van der Waals surface area (Å²) in [5, 5.41) is 2.00. The number of methoxy groups -OCH3 is 1. The van der Waals surface area contributed by atoms with Gasteiger partial charge in [0.15, 0.2) is 0 Å². The molecule has 0 saturated heterocycles. The molecule has 0 spiro atoms. The van der Waals surface area contributed by atoms with E-state index >= 15 is 0 Å². The van der Waals surface area contributed by atoms with Crippen LogP contribution in [0.4, 0.5) is 0 Å². The van der Waals surface area contributed by atoms with Gasteiger partial charge in [0, 0.05) is 18.0 Å². The van der Waals surface area contributed by atoms with Crippen LogP contribution in [0.2, 0.25) is 0 Å². The number of amides is 1. The first-order valence-corrected chi connectivity index (χ1v) is 7.54. The Balaban J connectivity index is 1.98. The first-order valence-electron chi connectivity index (χ1n) is 6.66. The minimum Gasteiger partial charge on any atom is -0.497 e. The van der Waals surface area contributed by atoms with E-state index in [1.807, 2.05) is 53.6 Å². The zero-order valence-corrected chi connectivity index (χ0v) is 12.7. The summed E-state index contributed by atoms with van der Waals surface area (Å²) in [5.41, 5.74) is 1.12. The molecular weight excluding hydrogens is 270 g/mol. The Kier molecular flexibility index (Phi) is 5.18. The smallest absolute Gasteiger partial charge is 0.228 e. The topological polar surface area (TPSA) is 29.5 Å². The number of hydrogen-bond acceptors (Lipinski definition) is 3. The number of likely N-dealkylation sites (N-methyl/N-ethyl adjacent to an activating group) is 1. The molecule has 1 aromatic carbocycles. The van der Waals surface area contributed by atoms with E-state index in [2.05, 4.69) is 0 Å². The Labute approximate surface area is 123 Å². The van der Waals surface area contributed by atoms with E-state index in [0.29, 0.717) is 13.0 Å². The average molecular weight is 289 g/mol. The molecule has 0 fully saturated rings. The Bertz CT molecular complexity index is 534. The van der Waals surface area contributed by atoms with Gasteiger partial charge in [0.05, 0.1) is 13.5 Å². The van der Waals surface area contributed by atoms with Gasteiger partial charge < -0.3 is 9.64 Å². The van der Waals surface area contributed by atoms with Crippen LogP contribution in [0.3, 0.4) is 0 Å². The van der Waals surface area contributed by atoms with Crippen LogP contribution in [-0.4, -0.2) is 24.5 Å². The molecule has 0 aliphatic rings.